The molecule has 2 aliphatic rings. The van der Waals surface area contributed by atoms with E-state index in [1.54, 1.807) is 11.3 Å². The molecule has 1 fully saturated rings. The molecule has 0 saturated carbocycles. The quantitative estimate of drug-likeness (QED) is 0.875. The van der Waals surface area contributed by atoms with Gasteiger partial charge in [-0.1, -0.05) is 5.21 Å². The average Bonchev–Trinajstić information content (AvgIpc) is 3.28. The maximum Gasteiger partial charge on any atom is 0.264 e. The molecule has 2 aromatic rings. The molecule has 1 aliphatic carbocycles. The maximum absolute atomic E-state index is 13.1. The van der Waals surface area contributed by atoms with Crippen LogP contribution < -0.4 is 5.32 Å². The number of carbonyl (C=O) groups excluding carboxylic acids is 1. The molecule has 0 radical (unpaired) electrons. The van der Waals surface area contributed by atoms with Crippen LogP contribution in [0.5, 0.6) is 0 Å². The number of aryl methyl sites for hydroxylation is 1. The topological polar surface area (TPSA) is 63.1 Å². The molecule has 1 unspecified atom stereocenters. The van der Waals surface area contributed by atoms with Crippen molar-refractivity contribution in [1.82, 2.24) is 25.2 Å². The SMILES string of the molecule is CNCc1cn(CC2CCCN(C(=O)c3scc4c3CCCC4)C2)nn1. The first-order chi connectivity index (χ1) is 12.7. The predicted molar refractivity (Wildman–Crippen MR) is 102 cm³/mol. The first-order valence-electron chi connectivity index (χ1n) is 9.66. The predicted octanol–water partition coefficient (Wildman–Crippen LogP) is 2.49. The third-order valence-corrected chi connectivity index (χ3v) is 6.55. The molecule has 3 heterocycles. The van der Waals surface area contributed by atoms with E-state index in [1.165, 1.54) is 24.0 Å². The van der Waals surface area contributed by atoms with E-state index >= 15 is 0 Å². The Morgan fingerprint density at radius 3 is 3.12 bits per heavy atom. The standard InChI is InChI=1S/C19H27N5OS/c1-20-9-16-12-24(22-21-16)11-14-5-4-8-23(10-14)19(25)18-17-7-3-2-6-15(17)13-26-18/h12-14,20H,2-11H2,1H3. The number of nitrogens with zero attached hydrogens (tertiary/aromatic N) is 4. The van der Waals surface area contributed by atoms with E-state index in [9.17, 15) is 4.79 Å². The second kappa shape index (κ2) is 7.88. The van der Waals surface area contributed by atoms with E-state index in [-0.39, 0.29) is 5.91 Å². The van der Waals surface area contributed by atoms with Crippen LogP contribution in [0.3, 0.4) is 0 Å². The second-order valence-corrected chi connectivity index (χ2v) is 8.38. The Balaban J connectivity index is 1.41. The number of hydrogen-bond donors (Lipinski definition) is 1. The highest BCUT2D eigenvalue weighted by Gasteiger charge is 2.28. The minimum Gasteiger partial charge on any atom is -0.338 e. The zero-order valence-electron chi connectivity index (χ0n) is 15.4. The van der Waals surface area contributed by atoms with E-state index in [0.29, 0.717) is 5.92 Å². The third-order valence-electron chi connectivity index (χ3n) is 5.49. The lowest BCUT2D eigenvalue weighted by Crippen LogP contribution is -2.41. The van der Waals surface area contributed by atoms with Gasteiger partial charge < -0.3 is 10.2 Å². The highest BCUT2D eigenvalue weighted by Crippen LogP contribution is 2.31. The van der Waals surface area contributed by atoms with E-state index in [4.69, 9.17) is 0 Å². The van der Waals surface area contributed by atoms with Crippen LogP contribution in [0.4, 0.5) is 0 Å². The van der Waals surface area contributed by atoms with Crippen molar-refractivity contribution >= 4 is 17.2 Å². The van der Waals surface area contributed by atoms with Crippen LogP contribution in [0.1, 0.15) is 52.2 Å². The molecule has 1 saturated heterocycles. The van der Waals surface area contributed by atoms with Crippen LogP contribution >= 0.6 is 11.3 Å². The second-order valence-electron chi connectivity index (χ2n) is 7.50. The fourth-order valence-corrected chi connectivity index (χ4v) is 5.32. The third kappa shape index (κ3) is 3.69. The Morgan fingerprint density at radius 2 is 2.23 bits per heavy atom. The Kier molecular flexibility index (Phi) is 5.36. The Hall–Kier alpha value is -1.73. The van der Waals surface area contributed by atoms with Gasteiger partial charge in [-0.15, -0.1) is 16.4 Å². The van der Waals surface area contributed by atoms with Crippen LogP contribution in [0.15, 0.2) is 11.6 Å². The summed E-state index contributed by atoms with van der Waals surface area (Å²) >= 11 is 1.66. The molecule has 1 amide bonds. The molecule has 140 valence electrons. The van der Waals surface area contributed by atoms with Crippen molar-refractivity contribution in [2.45, 2.75) is 51.6 Å². The van der Waals surface area contributed by atoms with Crippen LogP contribution in [0, 0.1) is 5.92 Å². The minimum absolute atomic E-state index is 0.248. The summed E-state index contributed by atoms with van der Waals surface area (Å²) in [5, 5.41) is 13.7. The highest BCUT2D eigenvalue weighted by atomic mass is 32.1. The van der Waals surface area contributed by atoms with E-state index in [2.05, 4.69) is 25.9 Å². The fourth-order valence-electron chi connectivity index (χ4n) is 4.20. The minimum atomic E-state index is 0.248. The Morgan fingerprint density at radius 1 is 1.35 bits per heavy atom. The molecule has 0 bridgehead atoms. The summed E-state index contributed by atoms with van der Waals surface area (Å²) in [7, 11) is 1.91. The number of carbonyl (C=O) groups is 1. The number of likely N-dealkylation sites (tertiary alicyclic amines) is 1. The van der Waals surface area contributed by atoms with Crippen molar-refractivity contribution in [1.29, 1.82) is 0 Å². The van der Waals surface area contributed by atoms with Gasteiger partial charge in [-0.2, -0.15) is 0 Å². The molecule has 26 heavy (non-hydrogen) atoms. The normalized spacial score (nSPS) is 20.2. The first kappa shape index (κ1) is 17.7. The largest absolute Gasteiger partial charge is 0.338 e. The van der Waals surface area contributed by atoms with Crippen molar-refractivity contribution in [3.8, 4) is 0 Å². The molecule has 0 aromatic carbocycles. The first-order valence-corrected chi connectivity index (χ1v) is 10.5. The van der Waals surface area contributed by atoms with Crippen molar-refractivity contribution in [2.75, 3.05) is 20.1 Å². The monoisotopic (exact) mass is 373 g/mol. The molecule has 4 rings (SSSR count). The van der Waals surface area contributed by atoms with Crippen molar-refractivity contribution in [3.63, 3.8) is 0 Å². The number of aromatic nitrogens is 3. The molecule has 1 aliphatic heterocycles. The van der Waals surface area contributed by atoms with Gasteiger partial charge in [0.15, 0.2) is 0 Å². The smallest absolute Gasteiger partial charge is 0.264 e. The van der Waals surface area contributed by atoms with Gasteiger partial charge in [0.25, 0.3) is 5.91 Å². The average molecular weight is 374 g/mol. The van der Waals surface area contributed by atoms with Gasteiger partial charge in [0.05, 0.1) is 10.6 Å². The van der Waals surface area contributed by atoms with Crippen LogP contribution in [0.25, 0.3) is 0 Å². The van der Waals surface area contributed by atoms with Gasteiger partial charge in [-0.3, -0.25) is 9.48 Å². The molecule has 1 N–H and O–H groups in total. The summed E-state index contributed by atoms with van der Waals surface area (Å²) in [5.74, 6) is 0.699. The molecular weight excluding hydrogens is 346 g/mol. The fraction of sp³-hybridized carbons (Fsp3) is 0.632. The molecule has 0 spiro atoms. The lowest BCUT2D eigenvalue weighted by molar-refractivity contribution is 0.0663. The van der Waals surface area contributed by atoms with Gasteiger partial charge in [-0.25, -0.2) is 0 Å². The van der Waals surface area contributed by atoms with Gasteiger partial charge >= 0.3 is 0 Å². The Bertz CT molecular complexity index is 768. The van der Waals surface area contributed by atoms with Crippen LogP contribution in [-0.4, -0.2) is 45.9 Å². The molecule has 6 nitrogen and oxygen atoms in total. The van der Waals surface area contributed by atoms with E-state index < -0.39 is 0 Å². The zero-order chi connectivity index (χ0) is 17.9. The summed E-state index contributed by atoms with van der Waals surface area (Å²) in [6, 6.07) is 0. The number of nitrogens with one attached hydrogen (secondary N) is 1. The molecule has 2 aromatic heterocycles. The lowest BCUT2D eigenvalue weighted by Gasteiger charge is -2.32. The summed E-state index contributed by atoms with van der Waals surface area (Å²) in [5.41, 5.74) is 3.71. The van der Waals surface area contributed by atoms with Gasteiger partial charge in [-0.05, 0) is 68.0 Å². The number of amides is 1. The van der Waals surface area contributed by atoms with Crippen molar-refractivity contribution in [3.05, 3.63) is 33.3 Å². The van der Waals surface area contributed by atoms with Gasteiger partial charge in [0.1, 0.15) is 0 Å². The lowest BCUT2D eigenvalue weighted by atomic mass is 9.93. The molecular formula is C19H27N5OS. The number of thiophene rings is 1. The summed E-state index contributed by atoms with van der Waals surface area (Å²) in [6.45, 7) is 3.28. The Labute approximate surface area is 158 Å². The number of fused-ring (bicyclic) bond motifs is 1. The highest BCUT2D eigenvalue weighted by molar-refractivity contribution is 7.12. The molecule has 1 atom stereocenters. The molecule has 7 heteroatoms. The van der Waals surface area contributed by atoms with Crippen molar-refractivity contribution < 1.29 is 4.79 Å². The van der Waals surface area contributed by atoms with Crippen LogP contribution in [0.2, 0.25) is 0 Å². The summed E-state index contributed by atoms with van der Waals surface area (Å²) < 4.78 is 1.93. The number of piperidine rings is 1. The van der Waals surface area contributed by atoms with Gasteiger partial charge in [0, 0.05) is 32.4 Å². The number of hydrogen-bond acceptors (Lipinski definition) is 5. The van der Waals surface area contributed by atoms with Crippen molar-refractivity contribution in [2.24, 2.45) is 5.92 Å². The van der Waals surface area contributed by atoms with E-state index in [0.717, 1.165) is 62.4 Å². The van der Waals surface area contributed by atoms with E-state index in [1.807, 2.05) is 17.9 Å². The number of rotatable bonds is 5. The maximum atomic E-state index is 13.1. The summed E-state index contributed by atoms with van der Waals surface area (Å²) in [6.07, 6.45) is 8.92. The summed E-state index contributed by atoms with van der Waals surface area (Å²) in [4.78, 5) is 16.2. The van der Waals surface area contributed by atoms with Crippen LogP contribution in [-0.2, 0) is 25.9 Å². The van der Waals surface area contributed by atoms with Gasteiger partial charge in [0.2, 0.25) is 0 Å². The zero-order valence-corrected chi connectivity index (χ0v) is 16.2.